The standard InChI is InChI=1S/C16H18N2O3/c1-20-15-9-5-6-13(10-15)11-17-16(19)18-12-21-14-7-3-2-4-8-14/h2-10H,11-12H2,1H3,(H2,17,18,19). The average molecular weight is 286 g/mol. The minimum atomic E-state index is -0.284. The molecule has 0 aliphatic rings. The zero-order valence-corrected chi connectivity index (χ0v) is 11.8. The minimum absolute atomic E-state index is 0.119. The van der Waals surface area contributed by atoms with Gasteiger partial charge in [-0.3, -0.25) is 0 Å². The zero-order valence-electron chi connectivity index (χ0n) is 11.8. The molecule has 0 bridgehead atoms. The molecule has 21 heavy (non-hydrogen) atoms. The molecule has 0 radical (unpaired) electrons. The third kappa shape index (κ3) is 5.06. The predicted octanol–water partition coefficient (Wildman–Crippen LogP) is 2.53. The van der Waals surface area contributed by atoms with Crippen LogP contribution in [0.4, 0.5) is 4.79 Å². The molecule has 0 saturated heterocycles. The highest BCUT2D eigenvalue weighted by atomic mass is 16.5. The molecule has 2 rings (SSSR count). The van der Waals surface area contributed by atoms with Crippen molar-refractivity contribution >= 4 is 6.03 Å². The smallest absolute Gasteiger partial charge is 0.317 e. The normalized spacial score (nSPS) is 9.76. The summed E-state index contributed by atoms with van der Waals surface area (Å²) >= 11 is 0. The highest BCUT2D eigenvalue weighted by molar-refractivity contribution is 5.73. The molecule has 110 valence electrons. The van der Waals surface area contributed by atoms with Gasteiger partial charge in [0.1, 0.15) is 11.5 Å². The van der Waals surface area contributed by atoms with E-state index in [2.05, 4.69) is 10.6 Å². The summed E-state index contributed by atoms with van der Waals surface area (Å²) in [5.41, 5.74) is 0.966. The molecule has 2 N–H and O–H groups in total. The van der Waals surface area contributed by atoms with Crippen LogP contribution in [-0.4, -0.2) is 19.9 Å². The van der Waals surface area contributed by atoms with Crippen LogP contribution >= 0.6 is 0 Å². The van der Waals surface area contributed by atoms with Crippen LogP contribution in [0.15, 0.2) is 54.6 Å². The number of hydrogen-bond acceptors (Lipinski definition) is 3. The first-order valence-electron chi connectivity index (χ1n) is 6.60. The van der Waals surface area contributed by atoms with Gasteiger partial charge >= 0.3 is 6.03 Å². The van der Waals surface area contributed by atoms with Crippen molar-refractivity contribution in [3.63, 3.8) is 0 Å². The number of carbonyl (C=O) groups is 1. The van der Waals surface area contributed by atoms with Crippen molar-refractivity contribution in [3.8, 4) is 11.5 Å². The molecule has 5 nitrogen and oxygen atoms in total. The fraction of sp³-hybridized carbons (Fsp3) is 0.188. The highest BCUT2D eigenvalue weighted by Gasteiger charge is 2.01. The molecule has 0 aliphatic carbocycles. The Labute approximate surface area is 123 Å². The van der Waals surface area contributed by atoms with E-state index in [0.29, 0.717) is 12.3 Å². The Kier molecular flexibility index (Phi) is 5.46. The quantitative estimate of drug-likeness (QED) is 0.802. The van der Waals surface area contributed by atoms with Gasteiger partial charge in [0.25, 0.3) is 0 Å². The highest BCUT2D eigenvalue weighted by Crippen LogP contribution is 2.12. The lowest BCUT2D eigenvalue weighted by atomic mass is 10.2. The van der Waals surface area contributed by atoms with Gasteiger partial charge in [-0.15, -0.1) is 0 Å². The van der Waals surface area contributed by atoms with E-state index >= 15 is 0 Å². The Morgan fingerprint density at radius 3 is 2.52 bits per heavy atom. The first kappa shape index (κ1) is 14.7. The Bertz CT molecular complexity index is 573. The van der Waals surface area contributed by atoms with Gasteiger partial charge in [-0.1, -0.05) is 30.3 Å². The number of rotatable bonds is 6. The van der Waals surface area contributed by atoms with Crippen molar-refractivity contribution in [2.45, 2.75) is 6.54 Å². The van der Waals surface area contributed by atoms with E-state index in [1.807, 2.05) is 54.6 Å². The lowest BCUT2D eigenvalue weighted by Crippen LogP contribution is -2.37. The van der Waals surface area contributed by atoms with Gasteiger partial charge in [0.15, 0.2) is 6.73 Å². The van der Waals surface area contributed by atoms with Gasteiger partial charge < -0.3 is 20.1 Å². The molecule has 0 heterocycles. The number of amides is 2. The molecule has 2 amide bonds. The van der Waals surface area contributed by atoms with Crippen LogP contribution in [0.3, 0.4) is 0 Å². The number of urea groups is 1. The molecule has 0 unspecified atom stereocenters. The summed E-state index contributed by atoms with van der Waals surface area (Å²) in [6.07, 6.45) is 0. The number of methoxy groups -OCH3 is 1. The van der Waals surface area contributed by atoms with E-state index in [9.17, 15) is 4.79 Å². The molecule has 0 fully saturated rings. The number of ether oxygens (including phenoxy) is 2. The molecule has 0 aliphatic heterocycles. The summed E-state index contributed by atoms with van der Waals surface area (Å²) in [6, 6.07) is 16.6. The van der Waals surface area contributed by atoms with E-state index in [0.717, 1.165) is 11.3 Å². The number of benzene rings is 2. The van der Waals surface area contributed by atoms with Gasteiger partial charge in [0.2, 0.25) is 0 Å². The number of nitrogens with one attached hydrogen (secondary N) is 2. The van der Waals surface area contributed by atoms with Gasteiger partial charge in [0, 0.05) is 6.54 Å². The first-order chi connectivity index (χ1) is 10.3. The van der Waals surface area contributed by atoms with Crippen molar-refractivity contribution in [1.82, 2.24) is 10.6 Å². The third-order valence-electron chi connectivity index (χ3n) is 2.80. The summed E-state index contributed by atoms with van der Waals surface area (Å²) in [5.74, 6) is 1.48. The summed E-state index contributed by atoms with van der Waals surface area (Å²) < 4.78 is 10.5. The molecular weight excluding hydrogens is 268 g/mol. The fourth-order valence-electron chi connectivity index (χ4n) is 1.73. The summed E-state index contributed by atoms with van der Waals surface area (Å²) in [7, 11) is 1.61. The van der Waals surface area contributed by atoms with Crippen molar-refractivity contribution in [2.75, 3.05) is 13.8 Å². The SMILES string of the molecule is COc1cccc(CNC(=O)NCOc2ccccc2)c1. The molecule has 0 aromatic heterocycles. The van der Waals surface area contributed by atoms with Gasteiger partial charge in [-0.05, 0) is 29.8 Å². The van der Waals surface area contributed by atoms with Crippen molar-refractivity contribution in [2.24, 2.45) is 0 Å². The predicted molar refractivity (Wildman–Crippen MR) is 80.3 cm³/mol. The minimum Gasteiger partial charge on any atom is -0.497 e. The summed E-state index contributed by atoms with van der Waals surface area (Å²) in [6.45, 7) is 0.544. The van der Waals surface area contributed by atoms with E-state index < -0.39 is 0 Å². The zero-order chi connectivity index (χ0) is 14.9. The largest absolute Gasteiger partial charge is 0.497 e. The molecule has 5 heteroatoms. The maximum Gasteiger partial charge on any atom is 0.317 e. The van der Waals surface area contributed by atoms with E-state index in [4.69, 9.17) is 9.47 Å². The van der Waals surface area contributed by atoms with Crippen LogP contribution < -0.4 is 20.1 Å². The second-order valence-electron chi connectivity index (χ2n) is 4.31. The molecule has 0 atom stereocenters. The second kappa shape index (κ2) is 7.79. The average Bonchev–Trinajstić information content (AvgIpc) is 2.54. The van der Waals surface area contributed by atoms with Crippen LogP contribution in [0.5, 0.6) is 11.5 Å². The third-order valence-corrected chi connectivity index (χ3v) is 2.80. The second-order valence-corrected chi connectivity index (χ2v) is 4.31. The Morgan fingerprint density at radius 2 is 1.76 bits per heavy atom. The number of carbonyl (C=O) groups excluding carboxylic acids is 1. The van der Waals surface area contributed by atoms with Crippen LogP contribution in [0, 0.1) is 0 Å². The van der Waals surface area contributed by atoms with E-state index in [1.165, 1.54) is 0 Å². The molecular formula is C16H18N2O3. The lowest BCUT2D eigenvalue weighted by molar-refractivity contribution is 0.223. The van der Waals surface area contributed by atoms with Gasteiger partial charge in [-0.2, -0.15) is 0 Å². The molecule has 0 spiro atoms. The van der Waals surface area contributed by atoms with Crippen LogP contribution in [0.1, 0.15) is 5.56 Å². The van der Waals surface area contributed by atoms with Crippen molar-refractivity contribution in [1.29, 1.82) is 0 Å². The molecule has 0 saturated carbocycles. The summed E-state index contributed by atoms with van der Waals surface area (Å²) in [4.78, 5) is 11.6. The van der Waals surface area contributed by atoms with Crippen LogP contribution in [-0.2, 0) is 6.54 Å². The monoisotopic (exact) mass is 286 g/mol. The number of para-hydroxylation sites is 1. The van der Waals surface area contributed by atoms with Crippen LogP contribution in [0.25, 0.3) is 0 Å². The molecule has 2 aromatic carbocycles. The Hall–Kier alpha value is -2.69. The van der Waals surface area contributed by atoms with Gasteiger partial charge in [-0.25, -0.2) is 4.79 Å². The van der Waals surface area contributed by atoms with Crippen LogP contribution in [0.2, 0.25) is 0 Å². The Balaban J connectivity index is 1.70. The maximum absolute atomic E-state index is 11.6. The van der Waals surface area contributed by atoms with Crippen molar-refractivity contribution in [3.05, 3.63) is 60.2 Å². The number of hydrogen-bond donors (Lipinski definition) is 2. The Morgan fingerprint density at radius 1 is 1.00 bits per heavy atom. The topological polar surface area (TPSA) is 59.6 Å². The molecule has 2 aromatic rings. The van der Waals surface area contributed by atoms with E-state index in [1.54, 1.807) is 7.11 Å². The van der Waals surface area contributed by atoms with E-state index in [-0.39, 0.29) is 12.8 Å². The maximum atomic E-state index is 11.6. The fourth-order valence-corrected chi connectivity index (χ4v) is 1.73. The van der Waals surface area contributed by atoms with Gasteiger partial charge in [0.05, 0.1) is 7.11 Å². The van der Waals surface area contributed by atoms with Crippen molar-refractivity contribution < 1.29 is 14.3 Å². The lowest BCUT2D eigenvalue weighted by Gasteiger charge is -2.10. The first-order valence-corrected chi connectivity index (χ1v) is 6.60. The summed E-state index contributed by atoms with van der Waals surface area (Å²) in [5, 5.41) is 5.38.